The third kappa shape index (κ3) is 4.14. The summed E-state index contributed by atoms with van der Waals surface area (Å²) in [6.07, 6.45) is 0.756. The molecule has 0 aliphatic heterocycles. The number of methoxy groups -OCH3 is 1. The van der Waals surface area contributed by atoms with Crippen LogP contribution in [0.25, 0.3) is 21.9 Å². The number of hydrogen-bond donors (Lipinski definition) is 2. The summed E-state index contributed by atoms with van der Waals surface area (Å²) < 4.78 is 24.4. The second-order valence-corrected chi connectivity index (χ2v) is 7.33. The molecule has 1 atom stereocenters. The van der Waals surface area contributed by atoms with Crippen LogP contribution in [0.5, 0.6) is 5.75 Å². The molecule has 0 saturated heterocycles. The maximum atomic E-state index is 13.0. The number of hydrogen-bond acceptors (Lipinski definition) is 3. The lowest BCUT2D eigenvalue weighted by Gasteiger charge is -2.14. The Labute approximate surface area is 173 Å². The van der Waals surface area contributed by atoms with Crippen molar-refractivity contribution in [1.29, 1.82) is 0 Å². The van der Waals surface area contributed by atoms with Crippen LogP contribution in [-0.2, 0) is 11.2 Å². The van der Waals surface area contributed by atoms with Crippen molar-refractivity contribution in [2.75, 3.05) is 19.0 Å². The molecule has 0 fully saturated rings. The first-order chi connectivity index (χ1) is 14.5. The topological polar surface area (TPSA) is 68.1 Å². The molecule has 0 aliphatic carbocycles. The number of nitrogens with two attached hydrogens (primary N) is 1. The zero-order valence-corrected chi connectivity index (χ0v) is 16.9. The predicted molar refractivity (Wildman–Crippen MR) is 115 cm³/mol. The van der Waals surface area contributed by atoms with Crippen LogP contribution in [0.4, 0.5) is 10.1 Å². The van der Waals surface area contributed by atoms with Gasteiger partial charge in [0.05, 0.1) is 19.3 Å². The zero-order chi connectivity index (χ0) is 21.1. The lowest BCUT2D eigenvalue weighted by Crippen LogP contribution is -2.92. The second kappa shape index (κ2) is 8.55. The normalized spacial score (nSPS) is 12.2. The Balaban J connectivity index is 1.44. The van der Waals surface area contributed by atoms with Gasteiger partial charge in [0.2, 0.25) is 0 Å². The largest absolute Gasteiger partial charge is 0.495 e. The summed E-state index contributed by atoms with van der Waals surface area (Å²) in [7, 11) is 1.58. The van der Waals surface area contributed by atoms with Gasteiger partial charge in [0.15, 0.2) is 6.04 Å². The number of fused-ring (bicyclic) bond motifs is 3. The number of ether oxygens (including phenoxy) is 1. The Morgan fingerprint density at radius 1 is 1.10 bits per heavy atom. The first-order valence-corrected chi connectivity index (χ1v) is 9.93. The van der Waals surface area contributed by atoms with E-state index in [0.29, 0.717) is 17.0 Å². The van der Waals surface area contributed by atoms with Gasteiger partial charge in [0.25, 0.3) is 5.91 Å². The number of amides is 1. The van der Waals surface area contributed by atoms with Crippen LogP contribution in [0.3, 0.4) is 0 Å². The highest BCUT2D eigenvalue weighted by Gasteiger charge is 2.19. The number of nitrogens with one attached hydrogen (secondary N) is 1. The van der Waals surface area contributed by atoms with E-state index in [1.165, 1.54) is 12.1 Å². The molecular weight excluding hydrogens is 383 g/mol. The SMILES string of the molecule is COc1cc2c(cc1NC(=O)[C@@H](C)[NH2+]CCc1ccc(F)cc1)oc1ccccc12. The van der Waals surface area contributed by atoms with Crippen LogP contribution >= 0.6 is 0 Å². The molecule has 0 spiro atoms. The van der Waals surface area contributed by atoms with Crippen LogP contribution < -0.4 is 15.4 Å². The first-order valence-electron chi connectivity index (χ1n) is 9.93. The van der Waals surface area contributed by atoms with Crippen LogP contribution in [0, 0.1) is 5.82 Å². The average molecular weight is 407 g/mol. The lowest BCUT2D eigenvalue weighted by molar-refractivity contribution is -0.672. The van der Waals surface area contributed by atoms with Crippen LogP contribution in [0.1, 0.15) is 12.5 Å². The summed E-state index contributed by atoms with van der Waals surface area (Å²) in [6, 6.07) is 17.6. The van der Waals surface area contributed by atoms with Gasteiger partial charge in [-0.15, -0.1) is 0 Å². The van der Waals surface area contributed by atoms with E-state index in [2.05, 4.69) is 5.32 Å². The quantitative estimate of drug-likeness (QED) is 0.489. The number of carbonyl (C=O) groups excluding carboxylic acids is 1. The number of para-hydroxylation sites is 1. The molecule has 3 aromatic carbocycles. The van der Waals surface area contributed by atoms with Gasteiger partial charge in [0.1, 0.15) is 22.7 Å². The fourth-order valence-electron chi connectivity index (χ4n) is 3.52. The van der Waals surface area contributed by atoms with E-state index >= 15 is 0 Å². The molecule has 30 heavy (non-hydrogen) atoms. The monoisotopic (exact) mass is 407 g/mol. The van der Waals surface area contributed by atoms with E-state index < -0.39 is 0 Å². The molecule has 0 saturated carbocycles. The number of quaternary nitrogens is 1. The van der Waals surface area contributed by atoms with Crippen molar-refractivity contribution in [1.82, 2.24) is 0 Å². The highest BCUT2D eigenvalue weighted by atomic mass is 19.1. The van der Waals surface area contributed by atoms with E-state index in [9.17, 15) is 9.18 Å². The summed E-state index contributed by atoms with van der Waals surface area (Å²) in [5.74, 6) is 0.217. The molecule has 1 heterocycles. The maximum absolute atomic E-state index is 13.0. The highest BCUT2D eigenvalue weighted by Crippen LogP contribution is 2.36. The molecule has 6 heteroatoms. The minimum absolute atomic E-state index is 0.122. The fourth-order valence-corrected chi connectivity index (χ4v) is 3.52. The van der Waals surface area contributed by atoms with E-state index in [0.717, 1.165) is 34.9 Å². The van der Waals surface area contributed by atoms with Crippen molar-refractivity contribution in [2.45, 2.75) is 19.4 Å². The Morgan fingerprint density at radius 3 is 2.63 bits per heavy atom. The molecule has 0 unspecified atom stereocenters. The number of halogens is 1. The predicted octanol–water partition coefficient (Wildman–Crippen LogP) is 3.87. The third-order valence-corrected chi connectivity index (χ3v) is 5.24. The summed E-state index contributed by atoms with van der Waals surface area (Å²) in [5, 5.41) is 6.86. The Hall–Kier alpha value is -3.38. The standard InChI is InChI=1S/C24H23FN2O3/c1-15(26-12-11-16-7-9-17(25)10-8-16)24(28)27-20-14-22-19(13-23(20)29-2)18-5-3-4-6-21(18)30-22/h3-10,13-15,26H,11-12H2,1-2H3,(H,27,28)/p+1/t15-/m1/s1. The molecule has 0 aliphatic rings. The summed E-state index contributed by atoms with van der Waals surface area (Å²) in [6.45, 7) is 2.58. The van der Waals surface area contributed by atoms with Gasteiger partial charge in [-0.3, -0.25) is 4.79 Å². The molecule has 1 aromatic heterocycles. The highest BCUT2D eigenvalue weighted by molar-refractivity contribution is 6.08. The summed E-state index contributed by atoms with van der Waals surface area (Å²) in [4.78, 5) is 12.7. The summed E-state index contributed by atoms with van der Waals surface area (Å²) >= 11 is 0. The van der Waals surface area contributed by atoms with Crippen molar-refractivity contribution in [3.05, 3.63) is 72.0 Å². The van der Waals surface area contributed by atoms with Crippen molar-refractivity contribution in [2.24, 2.45) is 0 Å². The van der Waals surface area contributed by atoms with Crippen LogP contribution in [0.15, 0.2) is 65.1 Å². The van der Waals surface area contributed by atoms with Gasteiger partial charge in [-0.1, -0.05) is 30.3 Å². The van der Waals surface area contributed by atoms with E-state index in [4.69, 9.17) is 9.15 Å². The molecule has 4 aromatic rings. The molecule has 0 radical (unpaired) electrons. The van der Waals surface area contributed by atoms with Gasteiger partial charge in [-0.25, -0.2) is 4.39 Å². The van der Waals surface area contributed by atoms with Gasteiger partial charge in [-0.2, -0.15) is 0 Å². The number of benzene rings is 3. The van der Waals surface area contributed by atoms with Gasteiger partial charge < -0.3 is 19.8 Å². The van der Waals surface area contributed by atoms with Crippen molar-refractivity contribution in [3.8, 4) is 5.75 Å². The number of rotatable bonds is 7. The summed E-state index contributed by atoms with van der Waals surface area (Å²) in [5.41, 5.74) is 3.10. The fraction of sp³-hybridized carbons (Fsp3) is 0.208. The van der Waals surface area contributed by atoms with Crippen molar-refractivity contribution in [3.63, 3.8) is 0 Å². The molecule has 3 N–H and O–H groups in total. The molecule has 4 rings (SSSR count). The van der Waals surface area contributed by atoms with Crippen LogP contribution in [0.2, 0.25) is 0 Å². The van der Waals surface area contributed by atoms with Gasteiger partial charge in [-0.05, 0) is 36.8 Å². The first kappa shape index (κ1) is 19.9. The lowest BCUT2D eigenvalue weighted by atomic mass is 10.1. The number of carbonyl (C=O) groups is 1. The average Bonchev–Trinajstić information content (AvgIpc) is 3.11. The Bertz CT molecular complexity index is 1180. The zero-order valence-electron chi connectivity index (χ0n) is 16.9. The van der Waals surface area contributed by atoms with Crippen molar-refractivity contribution < 1.29 is 23.7 Å². The van der Waals surface area contributed by atoms with E-state index in [-0.39, 0.29) is 17.8 Å². The van der Waals surface area contributed by atoms with Crippen LogP contribution in [-0.4, -0.2) is 25.6 Å². The smallest absolute Gasteiger partial charge is 0.282 e. The number of furan rings is 1. The minimum atomic E-state index is -0.290. The molecule has 154 valence electrons. The second-order valence-electron chi connectivity index (χ2n) is 7.33. The van der Waals surface area contributed by atoms with Crippen molar-refractivity contribution >= 4 is 33.5 Å². The molecular formula is C24H24FN2O3+. The Kier molecular flexibility index (Phi) is 5.68. The van der Waals surface area contributed by atoms with E-state index in [1.54, 1.807) is 25.3 Å². The minimum Gasteiger partial charge on any atom is -0.495 e. The molecule has 5 nitrogen and oxygen atoms in total. The van der Waals surface area contributed by atoms with Gasteiger partial charge >= 0.3 is 0 Å². The molecule has 1 amide bonds. The maximum Gasteiger partial charge on any atom is 0.282 e. The number of anilines is 1. The van der Waals surface area contributed by atoms with E-state index in [1.807, 2.05) is 42.6 Å². The Morgan fingerprint density at radius 2 is 1.87 bits per heavy atom. The van der Waals surface area contributed by atoms with Gasteiger partial charge in [0, 0.05) is 23.3 Å². The third-order valence-electron chi connectivity index (χ3n) is 5.24. The molecule has 0 bridgehead atoms.